The Hall–Kier alpha value is -2.29. The molecule has 1 atom stereocenters. The van der Waals surface area contributed by atoms with Gasteiger partial charge < -0.3 is 14.8 Å². The summed E-state index contributed by atoms with van der Waals surface area (Å²) in [5.41, 5.74) is -0.243. The summed E-state index contributed by atoms with van der Waals surface area (Å²) in [6.45, 7) is 4.40. The van der Waals surface area contributed by atoms with Gasteiger partial charge in [-0.3, -0.25) is 9.59 Å². The molecule has 0 aromatic carbocycles. The van der Waals surface area contributed by atoms with Gasteiger partial charge in [0.15, 0.2) is 5.13 Å². The maximum Gasteiger partial charge on any atom is 0.226 e. The number of aryl methyl sites for hydroxylation is 1. The van der Waals surface area contributed by atoms with Crippen molar-refractivity contribution in [2.45, 2.75) is 77.2 Å². The molecule has 1 saturated heterocycles. The molecule has 9 heteroatoms. The Morgan fingerprint density at radius 1 is 1.23 bits per heavy atom. The van der Waals surface area contributed by atoms with Crippen molar-refractivity contribution < 1.29 is 9.59 Å². The van der Waals surface area contributed by atoms with Crippen LogP contribution in [0.3, 0.4) is 0 Å². The molecule has 0 spiro atoms. The Bertz CT molecular complexity index is 874. The summed E-state index contributed by atoms with van der Waals surface area (Å²) in [5, 5.41) is 13.8. The van der Waals surface area contributed by atoms with Gasteiger partial charge in [-0.25, -0.2) is 4.98 Å². The lowest BCUT2D eigenvalue weighted by Gasteiger charge is -2.39. The summed E-state index contributed by atoms with van der Waals surface area (Å²) in [5.74, 6) is 1.36. The SMILES string of the molecule is CCn1cnnc1C1CCCN(C(=O)CC2(CC(=O)Nc3nccs3)CCCCC2)C1. The zero-order valence-corrected chi connectivity index (χ0v) is 19.1. The number of nitrogens with one attached hydrogen (secondary N) is 1. The monoisotopic (exact) mass is 444 g/mol. The maximum atomic E-state index is 13.4. The van der Waals surface area contributed by atoms with Crippen LogP contribution in [0, 0.1) is 5.41 Å². The zero-order chi connectivity index (χ0) is 21.7. The topological polar surface area (TPSA) is 93.0 Å². The summed E-state index contributed by atoms with van der Waals surface area (Å²) < 4.78 is 2.07. The second-order valence-electron chi connectivity index (χ2n) is 8.95. The third-order valence-electron chi connectivity index (χ3n) is 6.78. The van der Waals surface area contributed by atoms with Crippen molar-refractivity contribution in [3.05, 3.63) is 23.7 Å². The Kier molecular flexibility index (Phi) is 6.99. The lowest BCUT2D eigenvalue weighted by Crippen LogP contribution is -2.43. The molecule has 0 radical (unpaired) electrons. The van der Waals surface area contributed by atoms with Gasteiger partial charge in [0.25, 0.3) is 0 Å². The van der Waals surface area contributed by atoms with Gasteiger partial charge >= 0.3 is 0 Å². The predicted octanol–water partition coefficient (Wildman–Crippen LogP) is 3.83. The van der Waals surface area contributed by atoms with E-state index in [1.54, 1.807) is 12.5 Å². The summed E-state index contributed by atoms with van der Waals surface area (Å²) >= 11 is 1.42. The Labute approximate surface area is 187 Å². The number of carbonyl (C=O) groups excluding carboxylic acids is 2. The minimum absolute atomic E-state index is 0.0304. The van der Waals surface area contributed by atoms with Crippen LogP contribution in [0.15, 0.2) is 17.9 Å². The van der Waals surface area contributed by atoms with E-state index < -0.39 is 0 Å². The van der Waals surface area contributed by atoms with E-state index in [1.807, 2.05) is 10.3 Å². The van der Waals surface area contributed by atoms with Crippen LogP contribution in [0.2, 0.25) is 0 Å². The fourth-order valence-electron chi connectivity index (χ4n) is 5.18. The molecule has 2 aliphatic rings. The first-order chi connectivity index (χ1) is 15.1. The number of likely N-dealkylation sites (tertiary alicyclic amines) is 1. The quantitative estimate of drug-likeness (QED) is 0.701. The first-order valence-electron chi connectivity index (χ1n) is 11.4. The fourth-order valence-corrected chi connectivity index (χ4v) is 5.72. The summed E-state index contributed by atoms with van der Waals surface area (Å²) in [4.78, 5) is 32.3. The largest absolute Gasteiger partial charge is 0.342 e. The van der Waals surface area contributed by atoms with E-state index in [4.69, 9.17) is 0 Å². The van der Waals surface area contributed by atoms with Crippen molar-refractivity contribution in [1.82, 2.24) is 24.6 Å². The number of nitrogens with zero attached hydrogens (tertiary/aromatic N) is 5. The molecule has 1 unspecified atom stereocenters. The first-order valence-corrected chi connectivity index (χ1v) is 12.3. The van der Waals surface area contributed by atoms with Gasteiger partial charge in [0.1, 0.15) is 12.2 Å². The fraction of sp³-hybridized carbons (Fsp3) is 0.682. The van der Waals surface area contributed by atoms with Crippen LogP contribution in [0.25, 0.3) is 0 Å². The summed E-state index contributed by atoms with van der Waals surface area (Å²) in [6.07, 6.45) is 11.5. The minimum Gasteiger partial charge on any atom is -0.342 e. The summed E-state index contributed by atoms with van der Waals surface area (Å²) in [6, 6.07) is 0. The number of rotatable bonds is 7. The Morgan fingerprint density at radius 2 is 2.06 bits per heavy atom. The van der Waals surface area contributed by atoms with E-state index in [-0.39, 0.29) is 23.1 Å². The van der Waals surface area contributed by atoms with Crippen molar-refractivity contribution in [1.29, 1.82) is 0 Å². The van der Waals surface area contributed by atoms with Gasteiger partial charge in [-0.1, -0.05) is 19.3 Å². The van der Waals surface area contributed by atoms with Crippen molar-refractivity contribution in [2.75, 3.05) is 18.4 Å². The molecule has 2 fully saturated rings. The number of anilines is 1. The van der Waals surface area contributed by atoms with Crippen LogP contribution in [0.4, 0.5) is 5.13 Å². The highest BCUT2D eigenvalue weighted by Crippen LogP contribution is 2.43. The van der Waals surface area contributed by atoms with Gasteiger partial charge in [0, 0.05) is 50.0 Å². The molecular weight excluding hydrogens is 412 g/mol. The van der Waals surface area contributed by atoms with Gasteiger partial charge in [-0.2, -0.15) is 0 Å². The number of hydrogen-bond donors (Lipinski definition) is 1. The lowest BCUT2D eigenvalue weighted by molar-refractivity contribution is -0.136. The van der Waals surface area contributed by atoms with Crippen molar-refractivity contribution >= 4 is 28.3 Å². The predicted molar refractivity (Wildman–Crippen MR) is 120 cm³/mol. The van der Waals surface area contributed by atoms with Crippen molar-refractivity contribution in [3.8, 4) is 0 Å². The number of aromatic nitrogens is 4. The van der Waals surface area contributed by atoms with E-state index in [2.05, 4.69) is 32.0 Å². The third kappa shape index (κ3) is 5.31. The van der Waals surface area contributed by atoms with E-state index in [9.17, 15) is 9.59 Å². The lowest BCUT2D eigenvalue weighted by atomic mass is 9.69. The molecule has 2 amide bonds. The highest BCUT2D eigenvalue weighted by molar-refractivity contribution is 7.13. The molecule has 2 aromatic rings. The van der Waals surface area contributed by atoms with Crippen LogP contribution < -0.4 is 5.32 Å². The standard InChI is InChI=1S/C22H32N6O2S/c1-2-27-16-24-26-20(27)17-7-6-11-28(15-17)19(30)14-22(8-4-3-5-9-22)13-18(29)25-21-23-10-12-31-21/h10,12,16-17H,2-9,11,13-15H2,1H3,(H,23,25,29). The molecule has 4 rings (SSSR count). The molecule has 1 saturated carbocycles. The highest BCUT2D eigenvalue weighted by Gasteiger charge is 2.39. The van der Waals surface area contributed by atoms with Gasteiger partial charge in [-0.15, -0.1) is 21.5 Å². The molecule has 0 bridgehead atoms. The average molecular weight is 445 g/mol. The zero-order valence-electron chi connectivity index (χ0n) is 18.3. The number of piperidine rings is 1. The molecular formula is C22H32N6O2S. The smallest absolute Gasteiger partial charge is 0.226 e. The number of carbonyl (C=O) groups is 2. The molecule has 2 aromatic heterocycles. The Morgan fingerprint density at radius 3 is 2.81 bits per heavy atom. The molecule has 31 heavy (non-hydrogen) atoms. The van der Waals surface area contributed by atoms with Crippen LogP contribution in [0.5, 0.6) is 0 Å². The molecule has 168 valence electrons. The highest BCUT2D eigenvalue weighted by atomic mass is 32.1. The minimum atomic E-state index is -0.243. The van der Waals surface area contributed by atoms with Crippen LogP contribution in [-0.4, -0.2) is 49.6 Å². The van der Waals surface area contributed by atoms with Crippen molar-refractivity contribution in [3.63, 3.8) is 0 Å². The molecule has 1 N–H and O–H groups in total. The second kappa shape index (κ2) is 9.89. The average Bonchev–Trinajstić information content (AvgIpc) is 3.46. The Balaban J connectivity index is 1.41. The normalized spacial score (nSPS) is 21.1. The maximum absolute atomic E-state index is 13.4. The third-order valence-corrected chi connectivity index (χ3v) is 7.47. The van der Waals surface area contributed by atoms with Crippen LogP contribution in [-0.2, 0) is 16.1 Å². The van der Waals surface area contributed by atoms with Gasteiger partial charge in [0.2, 0.25) is 11.8 Å². The van der Waals surface area contributed by atoms with E-state index >= 15 is 0 Å². The molecule has 3 heterocycles. The van der Waals surface area contributed by atoms with E-state index in [1.165, 1.54) is 17.8 Å². The van der Waals surface area contributed by atoms with Crippen LogP contribution in [0.1, 0.15) is 76.5 Å². The van der Waals surface area contributed by atoms with Crippen LogP contribution >= 0.6 is 11.3 Å². The molecule has 8 nitrogen and oxygen atoms in total. The number of amides is 2. The number of thiazole rings is 1. The molecule has 1 aliphatic heterocycles. The second-order valence-corrected chi connectivity index (χ2v) is 9.85. The van der Waals surface area contributed by atoms with Gasteiger partial charge in [0.05, 0.1) is 0 Å². The van der Waals surface area contributed by atoms with Gasteiger partial charge in [-0.05, 0) is 38.0 Å². The molecule has 1 aliphatic carbocycles. The van der Waals surface area contributed by atoms with Crippen molar-refractivity contribution in [2.24, 2.45) is 5.41 Å². The first kappa shape index (κ1) is 21.9. The van der Waals surface area contributed by atoms with E-state index in [0.717, 1.165) is 57.4 Å². The van der Waals surface area contributed by atoms with E-state index in [0.29, 0.717) is 24.5 Å². The number of hydrogen-bond acceptors (Lipinski definition) is 6. The summed E-state index contributed by atoms with van der Waals surface area (Å²) in [7, 11) is 0.